The topological polar surface area (TPSA) is 70.5 Å². The highest BCUT2D eigenvalue weighted by Crippen LogP contribution is 2.26. The second-order valence-corrected chi connectivity index (χ2v) is 7.26. The van der Waals surface area contributed by atoms with Crippen molar-refractivity contribution in [2.45, 2.75) is 18.2 Å². The summed E-state index contributed by atoms with van der Waals surface area (Å²) in [6, 6.07) is 13.2. The molecule has 0 radical (unpaired) electrons. The highest BCUT2D eigenvalue weighted by Gasteiger charge is 2.28. The predicted molar refractivity (Wildman–Crippen MR) is 97.1 cm³/mol. The van der Waals surface area contributed by atoms with E-state index in [0.29, 0.717) is 17.3 Å². The first-order valence-corrected chi connectivity index (χ1v) is 9.21. The smallest absolute Gasteiger partial charge is 0.337 e. The van der Waals surface area contributed by atoms with E-state index in [1.807, 2.05) is 34.9 Å². The summed E-state index contributed by atoms with van der Waals surface area (Å²) in [5.74, 6) is 0.307. The minimum atomic E-state index is -1.02. The molecule has 6 heteroatoms. The number of carboxylic acids is 1. The van der Waals surface area contributed by atoms with Crippen molar-refractivity contribution in [3.63, 3.8) is 0 Å². The first-order chi connectivity index (χ1) is 12.0. The molecule has 1 aliphatic rings. The zero-order valence-electron chi connectivity index (χ0n) is 14.0. The monoisotopic (exact) mass is 356 g/mol. The SMILES string of the molecule is Cc1nc(C(=O)N2CCC(CSc3ccccc3)C2)ccc1C(=O)O. The van der Waals surface area contributed by atoms with Crippen LogP contribution in [0.2, 0.25) is 0 Å². The quantitative estimate of drug-likeness (QED) is 0.832. The summed E-state index contributed by atoms with van der Waals surface area (Å²) in [6.07, 6.45) is 0.984. The molecule has 1 fully saturated rings. The van der Waals surface area contributed by atoms with Crippen molar-refractivity contribution < 1.29 is 14.7 Å². The molecule has 130 valence electrons. The first-order valence-electron chi connectivity index (χ1n) is 8.22. The average molecular weight is 356 g/mol. The fourth-order valence-electron chi connectivity index (χ4n) is 2.95. The van der Waals surface area contributed by atoms with Gasteiger partial charge in [-0.05, 0) is 43.5 Å². The number of aromatic carboxylic acids is 1. The van der Waals surface area contributed by atoms with Crippen LogP contribution in [-0.2, 0) is 0 Å². The van der Waals surface area contributed by atoms with Gasteiger partial charge in [-0.2, -0.15) is 0 Å². The van der Waals surface area contributed by atoms with Crippen molar-refractivity contribution in [2.24, 2.45) is 5.92 Å². The summed E-state index contributed by atoms with van der Waals surface area (Å²) < 4.78 is 0. The Morgan fingerprint density at radius 2 is 2.00 bits per heavy atom. The number of pyridine rings is 1. The van der Waals surface area contributed by atoms with Crippen molar-refractivity contribution >= 4 is 23.6 Å². The molecule has 2 aromatic rings. The Labute approximate surface area is 151 Å². The van der Waals surface area contributed by atoms with Crippen molar-refractivity contribution in [1.29, 1.82) is 0 Å². The Hall–Kier alpha value is -2.34. The van der Waals surface area contributed by atoms with E-state index in [4.69, 9.17) is 5.11 Å². The van der Waals surface area contributed by atoms with E-state index in [9.17, 15) is 9.59 Å². The van der Waals surface area contributed by atoms with Gasteiger partial charge in [-0.25, -0.2) is 9.78 Å². The highest BCUT2D eigenvalue weighted by atomic mass is 32.2. The van der Waals surface area contributed by atoms with E-state index < -0.39 is 5.97 Å². The molecule has 1 unspecified atom stereocenters. The van der Waals surface area contributed by atoms with Gasteiger partial charge in [0.2, 0.25) is 0 Å². The number of rotatable bonds is 5. The third-order valence-electron chi connectivity index (χ3n) is 4.34. The number of aryl methyl sites for hydroxylation is 1. The van der Waals surface area contributed by atoms with Crippen LogP contribution in [0, 0.1) is 12.8 Å². The Bertz CT molecular complexity index is 779. The van der Waals surface area contributed by atoms with Crippen LogP contribution in [0.25, 0.3) is 0 Å². The van der Waals surface area contributed by atoms with Gasteiger partial charge in [-0.15, -0.1) is 11.8 Å². The minimum Gasteiger partial charge on any atom is -0.478 e. The molecule has 0 aliphatic carbocycles. The number of thioether (sulfide) groups is 1. The van der Waals surface area contributed by atoms with Crippen LogP contribution in [0.4, 0.5) is 0 Å². The van der Waals surface area contributed by atoms with Crippen LogP contribution in [-0.4, -0.2) is 45.7 Å². The number of benzene rings is 1. The van der Waals surface area contributed by atoms with Gasteiger partial charge in [0.1, 0.15) is 5.69 Å². The largest absolute Gasteiger partial charge is 0.478 e. The summed E-state index contributed by atoms with van der Waals surface area (Å²) >= 11 is 1.82. The second-order valence-electron chi connectivity index (χ2n) is 6.16. The van der Waals surface area contributed by atoms with Crippen LogP contribution in [0.3, 0.4) is 0 Å². The Morgan fingerprint density at radius 1 is 1.24 bits per heavy atom. The van der Waals surface area contributed by atoms with Crippen molar-refractivity contribution in [1.82, 2.24) is 9.88 Å². The van der Waals surface area contributed by atoms with Crippen LogP contribution in [0.5, 0.6) is 0 Å². The summed E-state index contributed by atoms with van der Waals surface area (Å²) in [4.78, 5) is 30.9. The number of hydrogen-bond donors (Lipinski definition) is 1. The standard InChI is InChI=1S/C19H20N2O3S/c1-13-16(19(23)24)7-8-17(20-13)18(22)21-10-9-14(11-21)12-25-15-5-3-2-4-6-15/h2-8,14H,9-12H2,1H3,(H,23,24). The molecular weight excluding hydrogens is 336 g/mol. The van der Waals surface area contributed by atoms with Crippen molar-refractivity contribution in [2.75, 3.05) is 18.8 Å². The fourth-order valence-corrected chi connectivity index (χ4v) is 4.00. The van der Waals surface area contributed by atoms with Gasteiger partial charge >= 0.3 is 5.97 Å². The lowest BCUT2D eigenvalue weighted by atomic mass is 10.1. The summed E-state index contributed by atoms with van der Waals surface area (Å²) in [7, 11) is 0. The van der Waals surface area contributed by atoms with Gasteiger partial charge in [-0.3, -0.25) is 4.79 Å². The number of carbonyl (C=O) groups excluding carboxylic acids is 1. The zero-order chi connectivity index (χ0) is 17.8. The molecule has 1 N–H and O–H groups in total. The second kappa shape index (κ2) is 7.70. The maximum Gasteiger partial charge on any atom is 0.337 e. The molecule has 1 aromatic carbocycles. The molecule has 1 amide bonds. The summed E-state index contributed by atoms with van der Waals surface area (Å²) in [6.45, 7) is 3.06. The average Bonchev–Trinajstić information content (AvgIpc) is 3.09. The number of aromatic nitrogens is 1. The maximum absolute atomic E-state index is 12.6. The molecule has 1 atom stereocenters. The van der Waals surface area contributed by atoms with Gasteiger partial charge in [0.05, 0.1) is 11.3 Å². The molecule has 0 spiro atoms. The molecule has 1 saturated heterocycles. The van der Waals surface area contributed by atoms with E-state index in [2.05, 4.69) is 17.1 Å². The van der Waals surface area contributed by atoms with Crippen LogP contribution in [0.15, 0.2) is 47.4 Å². The molecule has 3 rings (SSSR count). The van der Waals surface area contributed by atoms with E-state index in [1.54, 1.807) is 6.92 Å². The van der Waals surface area contributed by atoms with Crippen LogP contribution in [0.1, 0.15) is 33.0 Å². The van der Waals surface area contributed by atoms with Gasteiger partial charge in [0.15, 0.2) is 0 Å². The fraction of sp³-hybridized carbons (Fsp3) is 0.316. The number of likely N-dealkylation sites (tertiary alicyclic amines) is 1. The molecule has 5 nitrogen and oxygen atoms in total. The molecule has 0 saturated carbocycles. The number of hydrogen-bond acceptors (Lipinski definition) is 4. The number of carbonyl (C=O) groups is 2. The molecular formula is C19H20N2O3S. The normalized spacial score (nSPS) is 16.8. The lowest BCUT2D eigenvalue weighted by molar-refractivity contribution is 0.0693. The molecule has 25 heavy (non-hydrogen) atoms. The van der Waals surface area contributed by atoms with Crippen LogP contribution >= 0.6 is 11.8 Å². The Morgan fingerprint density at radius 3 is 2.68 bits per heavy atom. The van der Waals surface area contributed by atoms with Crippen molar-refractivity contribution in [3.05, 3.63) is 59.4 Å². The van der Waals surface area contributed by atoms with Gasteiger partial charge in [-0.1, -0.05) is 18.2 Å². The third-order valence-corrected chi connectivity index (χ3v) is 5.58. The van der Waals surface area contributed by atoms with Crippen molar-refractivity contribution in [3.8, 4) is 0 Å². The van der Waals surface area contributed by atoms with E-state index in [0.717, 1.165) is 25.3 Å². The minimum absolute atomic E-state index is 0.118. The molecule has 1 aliphatic heterocycles. The number of nitrogens with zero attached hydrogens (tertiary/aromatic N) is 2. The summed E-state index contributed by atoms with van der Waals surface area (Å²) in [5.41, 5.74) is 0.822. The lowest BCUT2D eigenvalue weighted by Gasteiger charge is -2.16. The first kappa shape index (κ1) is 17.5. The summed E-state index contributed by atoms with van der Waals surface area (Å²) in [5, 5.41) is 9.06. The van der Waals surface area contributed by atoms with Gasteiger partial charge in [0, 0.05) is 23.7 Å². The third kappa shape index (κ3) is 4.20. The number of amides is 1. The predicted octanol–water partition coefficient (Wildman–Crippen LogP) is 3.34. The molecule has 0 bridgehead atoms. The Kier molecular flexibility index (Phi) is 5.38. The van der Waals surface area contributed by atoms with Gasteiger partial charge in [0.25, 0.3) is 5.91 Å². The zero-order valence-corrected chi connectivity index (χ0v) is 14.8. The van der Waals surface area contributed by atoms with E-state index in [-0.39, 0.29) is 11.5 Å². The molecule has 1 aromatic heterocycles. The van der Waals surface area contributed by atoms with E-state index in [1.165, 1.54) is 17.0 Å². The van der Waals surface area contributed by atoms with E-state index >= 15 is 0 Å². The van der Waals surface area contributed by atoms with Crippen LogP contribution < -0.4 is 0 Å². The highest BCUT2D eigenvalue weighted by molar-refractivity contribution is 7.99. The number of carboxylic acid groups (broad SMARTS) is 1. The maximum atomic E-state index is 12.6. The Balaban J connectivity index is 1.59. The molecule has 2 heterocycles. The lowest BCUT2D eigenvalue weighted by Crippen LogP contribution is -2.30. The van der Waals surface area contributed by atoms with Gasteiger partial charge < -0.3 is 10.0 Å².